The summed E-state index contributed by atoms with van der Waals surface area (Å²) in [7, 11) is -3.93. The molecule has 0 radical (unpaired) electrons. The smallest absolute Gasteiger partial charge is 0.338 e. The van der Waals surface area contributed by atoms with Crippen LogP contribution in [0.3, 0.4) is 0 Å². The molecule has 3 N–H and O–H groups in total. The van der Waals surface area contributed by atoms with E-state index in [9.17, 15) is 18.0 Å². The number of sulfonamides is 1. The summed E-state index contributed by atoms with van der Waals surface area (Å²) in [6.07, 6.45) is -1.13. The van der Waals surface area contributed by atoms with E-state index in [1.807, 2.05) is 6.92 Å². The first kappa shape index (κ1) is 20.2. The molecule has 27 heavy (non-hydrogen) atoms. The maximum absolute atomic E-state index is 12.5. The fourth-order valence-electron chi connectivity index (χ4n) is 2.08. The lowest BCUT2D eigenvalue weighted by Crippen LogP contribution is -2.30. The van der Waals surface area contributed by atoms with E-state index in [0.29, 0.717) is 18.0 Å². The molecule has 2 aromatic carbocycles. The average molecular weight is 392 g/mol. The second-order valence-electron chi connectivity index (χ2n) is 5.54. The summed E-state index contributed by atoms with van der Waals surface area (Å²) in [6, 6.07) is 11.7. The molecule has 144 valence electrons. The molecule has 0 saturated carbocycles. The van der Waals surface area contributed by atoms with Crippen LogP contribution in [0.1, 0.15) is 24.2 Å². The van der Waals surface area contributed by atoms with E-state index in [-0.39, 0.29) is 10.5 Å². The first-order valence-electron chi connectivity index (χ1n) is 8.09. The Morgan fingerprint density at radius 1 is 1.15 bits per heavy atom. The van der Waals surface area contributed by atoms with Crippen LogP contribution in [-0.4, -0.2) is 33.0 Å². The Kier molecular flexibility index (Phi) is 6.40. The molecule has 1 amide bonds. The third kappa shape index (κ3) is 5.45. The van der Waals surface area contributed by atoms with E-state index in [4.69, 9.17) is 15.2 Å². The fourth-order valence-corrected chi connectivity index (χ4v) is 3.18. The Bertz CT molecular complexity index is 925. The Labute approximate surface area is 157 Å². The summed E-state index contributed by atoms with van der Waals surface area (Å²) < 4.78 is 37.7. The maximum Gasteiger partial charge on any atom is 0.338 e. The molecule has 9 heteroatoms. The van der Waals surface area contributed by atoms with Crippen LogP contribution in [-0.2, 0) is 19.6 Å². The van der Waals surface area contributed by atoms with Gasteiger partial charge in [-0.2, -0.15) is 0 Å². The van der Waals surface area contributed by atoms with Gasteiger partial charge < -0.3 is 15.2 Å². The van der Waals surface area contributed by atoms with Crippen LogP contribution in [0.4, 0.5) is 5.69 Å². The van der Waals surface area contributed by atoms with Gasteiger partial charge in [0, 0.05) is 5.69 Å². The van der Waals surface area contributed by atoms with Crippen LogP contribution < -0.4 is 15.2 Å². The van der Waals surface area contributed by atoms with Crippen LogP contribution in [0.2, 0.25) is 0 Å². The standard InChI is InChI=1S/C18H20N2O6S/c1-3-25-15-9-7-14(8-10-15)20-27(23,24)16-6-4-5-13(11-16)18(22)26-12(2)17(19)21/h4-12,20H,3H2,1-2H3,(H2,19,21)/t12-/m0/s1. The minimum Gasteiger partial charge on any atom is -0.494 e. The largest absolute Gasteiger partial charge is 0.494 e. The van der Waals surface area contributed by atoms with Crippen molar-refractivity contribution in [2.24, 2.45) is 5.73 Å². The Morgan fingerprint density at radius 3 is 2.41 bits per heavy atom. The Hall–Kier alpha value is -3.07. The van der Waals surface area contributed by atoms with E-state index in [2.05, 4.69) is 4.72 Å². The van der Waals surface area contributed by atoms with Gasteiger partial charge in [0.2, 0.25) is 0 Å². The zero-order valence-corrected chi connectivity index (χ0v) is 15.7. The number of carbonyl (C=O) groups is 2. The average Bonchev–Trinajstić information content (AvgIpc) is 2.63. The molecule has 2 rings (SSSR count). The summed E-state index contributed by atoms with van der Waals surface area (Å²) in [4.78, 5) is 22.9. The number of rotatable bonds is 8. The van der Waals surface area contributed by atoms with Gasteiger partial charge in [-0.25, -0.2) is 13.2 Å². The molecule has 0 aliphatic heterocycles. The molecular weight excluding hydrogens is 372 g/mol. The fraction of sp³-hybridized carbons (Fsp3) is 0.222. The number of anilines is 1. The summed E-state index contributed by atoms with van der Waals surface area (Å²) in [5.74, 6) is -1.03. The van der Waals surface area contributed by atoms with Gasteiger partial charge in [0.25, 0.3) is 15.9 Å². The van der Waals surface area contributed by atoms with Gasteiger partial charge in [0.15, 0.2) is 6.10 Å². The molecule has 0 heterocycles. The molecule has 0 fully saturated rings. The predicted molar refractivity (Wildman–Crippen MR) is 98.9 cm³/mol. The van der Waals surface area contributed by atoms with Crippen LogP contribution in [0, 0.1) is 0 Å². The number of nitrogens with one attached hydrogen (secondary N) is 1. The zero-order chi connectivity index (χ0) is 20.0. The maximum atomic E-state index is 12.5. The molecule has 1 atom stereocenters. The van der Waals surface area contributed by atoms with Crippen molar-refractivity contribution in [1.29, 1.82) is 0 Å². The van der Waals surface area contributed by atoms with Gasteiger partial charge in [-0.05, 0) is 56.3 Å². The number of hydrogen-bond acceptors (Lipinski definition) is 6. The van der Waals surface area contributed by atoms with Crippen LogP contribution >= 0.6 is 0 Å². The summed E-state index contributed by atoms with van der Waals surface area (Å²) in [6.45, 7) is 3.68. The zero-order valence-electron chi connectivity index (χ0n) is 14.8. The first-order valence-corrected chi connectivity index (χ1v) is 9.57. The highest BCUT2D eigenvalue weighted by Gasteiger charge is 2.20. The highest BCUT2D eigenvalue weighted by atomic mass is 32.2. The van der Waals surface area contributed by atoms with Crippen molar-refractivity contribution >= 4 is 27.6 Å². The highest BCUT2D eigenvalue weighted by Crippen LogP contribution is 2.20. The number of amides is 1. The molecule has 0 aliphatic rings. The normalized spacial score (nSPS) is 12.1. The topological polar surface area (TPSA) is 125 Å². The third-order valence-electron chi connectivity index (χ3n) is 3.48. The predicted octanol–water partition coefficient (Wildman–Crippen LogP) is 1.92. The van der Waals surface area contributed by atoms with Gasteiger partial charge in [-0.1, -0.05) is 6.07 Å². The van der Waals surface area contributed by atoms with Crippen LogP contribution in [0.5, 0.6) is 5.75 Å². The van der Waals surface area contributed by atoms with Crippen molar-refractivity contribution < 1.29 is 27.5 Å². The lowest BCUT2D eigenvalue weighted by molar-refractivity contribution is -0.125. The molecule has 0 spiro atoms. The minimum atomic E-state index is -3.93. The van der Waals surface area contributed by atoms with Gasteiger partial charge >= 0.3 is 5.97 Å². The lowest BCUT2D eigenvalue weighted by Gasteiger charge is -2.12. The second kappa shape index (κ2) is 8.54. The monoisotopic (exact) mass is 392 g/mol. The van der Waals surface area contributed by atoms with Crippen molar-refractivity contribution in [3.63, 3.8) is 0 Å². The minimum absolute atomic E-state index is 0.0160. The molecule has 0 unspecified atom stereocenters. The molecule has 2 aromatic rings. The van der Waals surface area contributed by atoms with Crippen molar-refractivity contribution in [2.45, 2.75) is 24.8 Å². The van der Waals surface area contributed by atoms with E-state index in [1.165, 1.54) is 25.1 Å². The van der Waals surface area contributed by atoms with E-state index in [1.54, 1.807) is 24.3 Å². The van der Waals surface area contributed by atoms with Gasteiger partial charge in [0.05, 0.1) is 17.1 Å². The van der Waals surface area contributed by atoms with Gasteiger partial charge in [0.1, 0.15) is 5.75 Å². The first-order chi connectivity index (χ1) is 12.7. The second-order valence-corrected chi connectivity index (χ2v) is 7.22. The SMILES string of the molecule is CCOc1ccc(NS(=O)(=O)c2cccc(C(=O)O[C@@H](C)C(N)=O)c2)cc1. The number of esters is 1. The van der Waals surface area contributed by atoms with E-state index in [0.717, 1.165) is 6.07 Å². The quantitative estimate of drug-likeness (QED) is 0.661. The molecule has 8 nitrogen and oxygen atoms in total. The third-order valence-corrected chi connectivity index (χ3v) is 4.86. The molecule has 0 saturated heterocycles. The molecule has 0 aromatic heterocycles. The van der Waals surface area contributed by atoms with Crippen LogP contribution in [0.15, 0.2) is 53.4 Å². The van der Waals surface area contributed by atoms with E-state index >= 15 is 0 Å². The van der Waals surface area contributed by atoms with Crippen molar-refractivity contribution in [1.82, 2.24) is 0 Å². The summed E-state index contributed by atoms with van der Waals surface area (Å²) in [5, 5.41) is 0. The number of ether oxygens (including phenoxy) is 2. The number of nitrogens with two attached hydrogens (primary N) is 1. The van der Waals surface area contributed by atoms with Crippen molar-refractivity contribution in [2.75, 3.05) is 11.3 Å². The number of benzene rings is 2. The Balaban J connectivity index is 2.18. The van der Waals surface area contributed by atoms with Gasteiger partial charge in [-0.3, -0.25) is 9.52 Å². The van der Waals surface area contributed by atoms with Crippen molar-refractivity contribution in [3.8, 4) is 5.75 Å². The highest BCUT2D eigenvalue weighted by molar-refractivity contribution is 7.92. The summed E-state index contributed by atoms with van der Waals surface area (Å²) >= 11 is 0. The van der Waals surface area contributed by atoms with Gasteiger partial charge in [-0.15, -0.1) is 0 Å². The molecule has 0 bridgehead atoms. The summed E-state index contributed by atoms with van der Waals surface area (Å²) in [5.41, 5.74) is 5.37. The van der Waals surface area contributed by atoms with Crippen molar-refractivity contribution in [3.05, 3.63) is 54.1 Å². The van der Waals surface area contributed by atoms with Crippen LogP contribution in [0.25, 0.3) is 0 Å². The molecule has 0 aliphatic carbocycles. The van der Waals surface area contributed by atoms with E-state index < -0.39 is 28.0 Å². The number of primary amides is 1. The molecular formula is C18H20N2O6S. The Morgan fingerprint density at radius 2 is 1.81 bits per heavy atom. The number of carbonyl (C=O) groups excluding carboxylic acids is 2. The number of hydrogen-bond donors (Lipinski definition) is 2. The lowest BCUT2D eigenvalue weighted by atomic mass is 10.2.